The molecule has 2 heterocycles. The Kier molecular flexibility index (Phi) is 7.06. The van der Waals surface area contributed by atoms with Gasteiger partial charge in [-0.15, -0.1) is 0 Å². The number of benzene rings is 2. The number of anilines is 1. The highest BCUT2D eigenvalue weighted by Gasteiger charge is 2.27. The fourth-order valence-electron chi connectivity index (χ4n) is 3.91. The third-order valence-corrected chi connectivity index (χ3v) is 8.72. The predicted molar refractivity (Wildman–Crippen MR) is 128 cm³/mol. The summed E-state index contributed by atoms with van der Waals surface area (Å²) in [7, 11) is -3.56. The van der Waals surface area contributed by atoms with Crippen LogP contribution in [0, 0.1) is 5.82 Å². The summed E-state index contributed by atoms with van der Waals surface area (Å²) in [6, 6.07) is 11.0. The van der Waals surface area contributed by atoms with E-state index in [1.54, 1.807) is 41.6 Å². The monoisotopic (exact) mass is 490 g/mol. The van der Waals surface area contributed by atoms with Crippen molar-refractivity contribution >= 4 is 44.4 Å². The van der Waals surface area contributed by atoms with Crippen LogP contribution in [0.2, 0.25) is 0 Å². The minimum absolute atomic E-state index is 0.131. The number of fused-ring (bicyclic) bond motifs is 1. The van der Waals surface area contributed by atoms with E-state index in [9.17, 15) is 17.6 Å². The molecule has 0 radical (unpaired) electrons. The number of rotatable bonds is 7. The first-order valence-electron chi connectivity index (χ1n) is 11.0. The van der Waals surface area contributed by atoms with Gasteiger partial charge in [0.2, 0.25) is 15.9 Å². The van der Waals surface area contributed by atoms with Crippen molar-refractivity contribution in [3.05, 3.63) is 48.3 Å². The molecule has 176 valence electrons. The Hall–Kier alpha value is -2.43. The molecule has 1 aromatic heterocycles. The number of hydrogen-bond acceptors (Lipinski definition) is 5. The standard InChI is InChI=1S/C23H27FN4O3S2/c1-3-28-21-12-11-17(33(30,31)27-13-7-4-8-14-27)15-20(21)26-23(28)32-16(2)22(29)25-19-10-6-5-9-18(19)24/h5-6,9-12,15-16H,3-4,7-8,13-14H2,1-2H3,(H,25,29). The van der Waals surface area contributed by atoms with E-state index in [1.807, 2.05) is 11.5 Å². The maximum absolute atomic E-state index is 13.9. The van der Waals surface area contributed by atoms with Gasteiger partial charge in [0.1, 0.15) is 5.82 Å². The predicted octanol–water partition coefficient (Wildman–Crippen LogP) is 4.49. The van der Waals surface area contributed by atoms with E-state index in [1.165, 1.54) is 23.9 Å². The normalized spacial score (nSPS) is 16.1. The lowest BCUT2D eigenvalue weighted by Crippen LogP contribution is -2.35. The average Bonchev–Trinajstić information content (AvgIpc) is 3.17. The molecule has 0 bridgehead atoms. The molecule has 3 aromatic rings. The SMILES string of the molecule is CCn1c(SC(C)C(=O)Nc2ccccc2F)nc2cc(S(=O)(=O)N3CCCCC3)ccc21. The van der Waals surface area contributed by atoms with Crippen molar-refractivity contribution in [3.8, 4) is 0 Å². The number of piperidine rings is 1. The van der Waals surface area contributed by atoms with Crippen molar-refractivity contribution in [1.29, 1.82) is 0 Å². The number of amides is 1. The Morgan fingerprint density at radius 1 is 1.18 bits per heavy atom. The molecule has 4 rings (SSSR count). The molecule has 1 N–H and O–H groups in total. The van der Waals surface area contributed by atoms with Gasteiger partial charge in [-0.1, -0.05) is 30.3 Å². The van der Waals surface area contributed by atoms with Gasteiger partial charge in [-0.25, -0.2) is 17.8 Å². The minimum Gasteiger partial charge on any atom is -0.323 e. The second-order valence-electron chi connectivity index (χ2n) is 7.98. The zero-order valence-electron chi connectivity index (χ0n) is 18.6. The molecule has 33 heavy (non-hydrogen) atoms. The number of aromatic nitrogens is 2. The van der Waals surface area contributed by atoms with Crippen LogP contribution in [-0.4, -0.2) is 46.5 Å². The highest BCUT2D eigenvalue weighted by atomic mass is 32.2. The minimum atomic E-state index is -3.56. The van der Waals surface area contributed by atoms with Crippen LogP contribution in [0.5, 0.6) is 0 Å². The highest BCUT2D eigenvalue weighted by Crippen LogP contribution is 2.30. The summed E-state index contributed by atoms with van der Waals surface area (Å²) < 4.78 is 43.5. The van der Waals surface area contributed by atoms with Crippen molar-refractivity contribution in [3.63, 3.8) is 0 Å². The van der Waals surface area contributed by atoms with Gasteiger partial charge in [-0.05, 0) is 57.0 Å². The Balaban J connectivity index is 1.57. The van der Waals surface area contributed by atoms with Gasteiger partial charge < -0.3 is 9.88 Å². The van der Waals surface area contributed by atoms with Crippen LogP contribution in [0.1, 0.15) is 33.1 Å². The Morgan fingerprint density at radius 3 is 2.61 bits per heavy atom. The number of aryl methyl sites for hydroxylation is 1. The van der Waals surface area contributed by atoms with Crippen molar-refractivity contribution in [2.24, 2.45) is 0 Å². The smallest absolute Gasteiger partial charge is 0.243 e. The summed E-state index contributed by atoms with van der Waals surface area (Å²) in [5.74, 6) is -0.834. The zero-order valence-corrected chi connectivity index (χ0v) is 20.3. The first-order chi connectivity index (χ1) is 15.8. The summed E-state index contributed by atoms with van der Waals surface area (Å²) in [4.78, 5) is 17.5. The van der Waals surface area contributed by atoms with Crippen LogP contribution in [0.3, 0.4) is 0 Å². The number of nitrogens with one attached hydrogen (secondary N) is 1. The molecule has 1 aliphatic heterocycles. The molecule has 1 aliphatic rings. The van der Waals surface area contributed by atoms with E-state index < -0.39 is 21.1 Å². The molecule has 2 aromatic carbocycles. The first kappa shape index (κ1) is 23.7. The van der Waals surface area contributed by atoms with Gasteiger partial charge in [-0.3, -0.25) is 4.79 Å². The van der Waals surface area contributed by atoms with Crippen molar-refractivity contribution in [2.45, 2.75) is 55.0 Å². The maximum Gasteiger partial charge on any atom is 0.243 e. The van der Waals surface area contributed by atoms with Crippen LogP contribution in [0.4, 0.5) is 10.1 Å². The Bertz CT molecular complexity index is 1270. The van der Waals surface area contributed by atoms with E-state index in [4.69, 9.17) is 0 Å². The van der Waals surface area contributed by atoms with Gasteiger partial charge in [0.15, 0.2) is 5.16 Å². The molecule has 7 nitrogen and oxygen atoms in total. The fourth-order valence-corrected chi connectivity index (χ4v) is 6.43. The average molecular weight is 491 g/mol. The van der Waals surface area contributed by atoms with E-state index in [0.717, 1.165) is 24.8 Å². The van der Waals surface area contributed by atoms with E-state index in [0.29, 0.717) is 30.3 Å². The number of thioether (sulfide) groups is 1. The zero-order chi connectivity index (χ0) is 23.6. The van der Waals surface area contributed by atoms with Crippen LogP contribution >= 0.6 is 11.8 Å². The Labute approximate surface area is 197 Å². The number of halogens is 1. The summed E-state index contributed by atoms with van der Waals surface area (Å²) in [6.07, 6.45) is 2.80. The third-order valence-electron chi connectivity index (χ3n) is 5.74. The number of nitrogens with zero attached hydrogens (tertiary/aromatic N) is 3. The van der Waals surface area contributed by atoms with Crippen molar-refractivity contribution < 1.29 is 17.6 Å². The number of sulfonamides is 1. The molecule has 1 atom stereocenters. The highest BCUT2D eigenvalue weighted by molar-refractivity contribution is 8.00. The van der Waals surface area contributed by atoms with Crippen LogP contribution in [-0.2, 0) is 21.4 Å². The molecule has 0 aliphatic carbocycles. The van der Waals surface area contributed by atoms with Crippen LogP contribution < -0.4 is 5.32 Å². The largest absolute Gasteiger partial charge is 0.323 e. The molecule has 1 amide bonds. The second kappa shape index (κ2) is 9.82. The molecule has 1 fully saturated rings. The van der Waals surface area contributed by atoms with Crippen LogP contribution in [0.15, 0.2) is 52.5 Å². The number of carbonyl (C=O) groups excluding carboxylic acids is 1. The molecule has 1 saturated heterocycles. The molecule has 0 spiro atoms. The van der Waals surface area contributed by atoms with Gasteiger partial charge >= 0.3 is 0 Å². The second-order valence-corrected chi connectivity index (χ2v) is 11.2. The lowest BCUT2D eigenvalue weighted by Gasteiger charge is -2.25. The van der Waals surface area contributed by atoms with E-state index in [-0.39, 0.29) is 16.5 Å². The maximum atomic E-state index is 13.9. The summed E-state index contributed by atoms with van der Waals surface area (Å²) in [5.41, 5.74) is 1.50. The summed E-state index contributed by atoms with van der Waals surface area (Å²) in [6.45, 7) is 5.39. The molecular formula is C23H27FN4O3S2. The lowest BCUT2D eigenvalue weighted by atomic mass is 10.2. The molecule has 0 saturated carbocycles. The fraction of sp³-hybridized carbons (Fsp3) is 0.391. The molecule has 10 heteroatoms. The number of hydrogen-bond donors (Lipinski definition) is 1. The van der Waals surface area contributed by atoms with Gasteiger partial charge in [0, 0.05) is 19.6 Å². The van der Waals surface area contributed by atoms with E-state index >= 15 is 0 Å². The summed E-state index contributed by atoms with van der Waals surface area (Å²) >= 11 is 1.25. The molecule has 1 unspecified atom stereocenters. The van der Waals surface area contributed by atoms with Gasteiger partial charge in [0.05, 0.1) is 26.9 Å². The first-order valence-corrected chi connectivity index (χ1v) is 13.4. The number of para-hydroxylation sites is 1. The Morgan fingerprint density at radius 2 is 1.91 bits per heavy atom. The summed E-state index contributed by atoms with van der Waals surface area (Å²) in [5, 5.41) is 2.68. The van der Waals surface area contributed by atoms with Crippen LogP contribution in [0.25, 0.3) is 11.0 Å². The van der Waals surface area contributed by atoms with Crippen molar-refractivity contribution in [2.75, 3.05) is 18.4 Å². The number of imidazole rings is 1. The van der Waals surface area contributed by atoms with E-state index in [2.05, 4.69) is 10.3 Å². The lowest BCUT2D eigenvalue weighted by molar-refractivity contribution is -0.115. The third kappa shape index (κ3) is 4.92. The van der Waals surface area contributed by atoms with Gasteiger partial charge in [-0.2, -0.15) is 4.31 Å². The topological polar surface area (TPSA) is 84.3 Å². The van der Waals surface area contributed by atoms with Crippen molar-refractivity contribution in [1.82, 2.24) is 13.9 Å². The molecular weight excluding hydrogens is 463 g/mol. The quantitative estimate of drug-likeness (QED) is 0.494. The van der Waals surface area contributed by atoms with Gasteiger partial charge in [0.25, 0.3) is 0 Å². The number of carbonyl (C=O) groups is 1.